The Labute approximate surface area is 132 Å². The van der Waals surface area contributed by atoms with Crippen molar-refractivity contribution in [2.24, 2.45) is 0 Å². The van der Waals surface area contributed by atoms with Gasteiger partial charge in [0.1, 0.15) is 0 Å². The van der Waals surface area contributed by atoms with Crippen LogP contribution in [0.4, 0.5) is 5.69 Å². The summed E-state index contributed by atoms with van der Waals surface area (Å²) in [7, 11) is 0. The van der Waals surface area contributed by atoms with Crippen molar-refractivity contribution < 1.29 is 9.53 Å². The van der Waals surface area contributed by atoms with Crippen LogP contribution in [0.15, 0.2) is 12.1 Å². The van der Waals surface area contributed by atoms with Crippen molar-refractivity contribution in [2.45, 2.75) is 32.7 Å². The number of carbonyl (C=O) groups excluding carboxylic acids is 1. The van der Waals surface area contributed by atoms with E-state index >= 15 is 0 Å². The topological polar surface area (TPSA) is 88.1 Å². The van der Waals surface area contributed by atoms with Crippen molar-refractivity contribution in [2.75, 3.05) is 12.3 Å². The minimum atomic E-state index is -0.168. The first-order valence-electron chi connectivity index (χ1n) is 6.43. The number of hydrogen-bond donors (Lipinski definition) is 2. The second kappa shape index (κ2) is 7.94. The molecule has 20 heavy (non-hydrogen) atoms. The molecule has 0 aliphatic heterocycles. The molecule has 3 N–H and O–H groups in total. The fourth-order valence-electron chi connectivity index (χ4n) is 1.73. The Morgan fingerprint density at radius 3 is 2.65 bits per heavy atom. The van der Waals surface area contributed by atoms with Crippen molar-refractivity contribution in [3.05, 3.63) is 21.3 Å². The van der Waals surface area contributed by atoms with Crippen molar-refractivity contribution >= 4 is 34.2 Å². The van der Waals surface area contributed by atoms with Gasteiger partial charge in [-0.2, -0.15) is 5.26 Å². The lowest BCUT2D eigenvalue weighted by atomic mass is 10.2. The van der Waals surface area contributed by atoms with E-state index in [9.17, 15) is 4.79 Å². The number of hydrogen-bond acceptors (Lipinski definition) is 4. The highest BCUT2D eigenvalue weighted by Gasteiger charge is 2.12. The number of anilines is 1. The van der Waals surface area contributed by atoms with Crippen molar-refractivity contribution in [1.29, 1.82) is 5.26 Å². The fourth-order valence-corrected chi connectivity index (χ4v) is 2.53. The first-order chi connectivity index (χ1) is 9.51. The molecule has 0 fully saturated rings. The molecular formula is C14H18IN3O2. The summed E-state index contributed by atoms with van der Waals surface area (Å²) in [5.41, 5.74) is 6.66. The Hall–Kier alpha value is -1.49. The number of nitrogen functional groups attached to an aromatic ring is 1. The smallest absolute Gasteiger partial charge is 0.258 e. The highest BCUT2D eigenvalue weighted by atomic mass is 127. The standard InChI is InChI=1S/C14H18IN3O2/c1-3-10(4-2)18-13(19)8-20-14-11(15)5-9(7-16)6-12(14)17/h5-6,10H,3-4,8,17H2,1-2H3,(H,18,19). The van der Waals surface area contributed by atoms with Gasteiger partial charge in [-0.1, -0.05) is 13.8 Å². The van der Waals surface area contributed by atoms with Crippen LogP contribution in [0.5, 0.6) is 5.75 Å². The van der Waals surface area contributed by atoms with Gasteiger partial charge in [0.05, 0.1) is 20.9 Å². The average molecular weight is 387 g/mol. The van der Waals surface area contributed by atoms with E-state index in [0.29, 0.717) is 17.0 Å². The van der Waals surface area contributed by atoms with Gasteiger partial charge in [0.2, 0.25) is 0 Å². The van der Waals surface area contributed by atoms with Crippen molar-refractivity contribution in [3.63, 3.8) is 0 Å². The summed E-state index contributed by atoms with van der Waals surface area (Å²) >= 11 is 2.03. The molecule has 0 heterocycles. The van der Waals surface area contributed by atoms with Crippen LogP contribution in [-0.2, 0) is 4.79 Å². The van der Waals surface area contributed by atoms with Crippen LogP contribution < -0.4 is 15.8 Å². The molecule has 1 amide bonds. The van der Waals surface area contributed by atoms with E-state index in [1.54, 1.807) is 6.07 Å². The molecule has 108 valence electrons. The molecule has 1 aromatic rings. The van der Waals surface area contributed by atoms with Gasteiger partial charge in [-0.3, -0.25) is 4.79 Å². The highest BCUT2D eigenvalue weighted by Crippen LogP contribution is 2.29. The molecule has 0 aliphatic carbocycles. The van der Waals surface area contributed by atoms with Gasteiger partial charge in [0.25, 0.3) is 5.91 Å². The number of nitrogens with one attached hydrogen (secondary N) is 1. The maximum atomic E-state index is 11.8. The normalized spacial score (nSPS) is 10.2. The SMILES string of the molecule is CCC(CC)NC(=O)COc1c(N)cc(C#N)cc1I. The maximum absolute atomic E-state index is 11.8. The predicted octanol–water partition coefficient (Wildman–Crippen LogP) is 2.43. The molecule has 5 nitrogen and oxygen atoms in total. The Balaban J connectivity index is 2.67. The van der Waals surface area contributed by atoms with Gasteiger partial charge in [0.15, 0.2) is 12.4 Å². The highest BCUT2D eigenvalue weighted by molar-refractivity contribution is 14.1. The lowest BCUT2D eigenvalue weighted by molar-refractivity contribution is -0.123. The number of ether oxygens (including phenoxy) is 1. The first kappa shape index (κ1) is 16.6. The number of nitriles is 1. The fraction of sp³-hybridized carbons (Fsp3) is 0.429. The molecule has 0 radical (unpaired) electrons. The van der Waals surface area contributed by atoms with E-state index in [2.05, 4.69) is 5.32 Å². The zero-order valence-electron chi connectivity index (χ0n) is 11.6. The summed E-state index contributed by atoms with van der Waals surface area (Å²) in [6, 6.07) is 5.40. The van der Waals surface area contributed by atoms with Crippen LogP contribution in [-0.4, -0.2) is 18.6 Å². The number of nitrogens with two attached hydrogens (primary N) is 1. The Morgan fingerprint density at radius 2 is 2.15 bits per heavy atom. The molecule has 0 saturated carbocycles. The Morgan fingerprint density at radius 1 is 1.50 bits per heavy atom. The molecule has 0 aliphatic rings. The van der Waals surface area contributed by atoms with E-state index in [4.69, 9.17) is 15.7 Å². The molecule has 0 aromatic heterocycles. The number of rotatable bonds is 6. The summed E-state index contributed by atoms with van der Waals surface area (Å²) < 4.78 is 6.18. The summed E-state index contributed by atoms with van der Waals surface area (Å²) in [5.74, 6) is 0.280. The van der Waals surface area contributed by atoms with Gasteiger partial charge >= 0.3 is 0 Å². The number of carbonyl (C=O) groups is 1. The predicted molar refractivity (Wildman–Crippen MR) is 86.3 cm³/mol. The number of halogens is 1. The quantitative estimate of drug-likeness (QED) is 0.580. The number of benzene rings is 1. The molecule has 0 spiro atoms. The second-order valence-corrected chi connectivity index (χ2v) is 5.52. The summed E-state index contributed by atoms with van der Waals surface area (Å²) in [4.78, 5) is 11.8. The van der Waals surface area contributed by atoms with Crippen LogP contribution in [0.1, 0.15) is 32.3 Å². The molecule has 0 atom stereocenters. The van der Waals surface area contributed by atoms with Gasteiger partial charge < -0.3 is 15.8 Å². The van der Waals surface area contributed by atoms with Crippen LogP contribution in [0.3, 0.4) is 0 Å². The van der Waals surface area contributed by atoms with E-state index in [1.807, 2.05) is 42.5 Å². The van der Waals surface area contributed by atoms with Gasteiger partial charge in [0, 0.05) is 6.04 Å². The summed E-state index contributed by atoms with van der Waals surface area (Å²) in [5, 5.41) is 11.7. The van der Waals surface area contributed by atoms with Crippen molar-refractivity contribution in [3.8, 4) is 11.8 Å². The zero-order valence-corrected chi connectivity index (χ0v) is 13.7. The van der Waals surface area contributed by atoms with Gasteiger partial charge in [-0.15, -0.1) is 0 Å². The third-order valence-electron chi connectivity index (χ3n) is 2.90. The lowest BCUT2D eigenvalue weighted by Gasteiger charge is -2.16. The second-order valence-electron chi connectivity index (χ2n) is 4.36. The molecular weight excluding hydrogens is 369 g/mol. The van der Waals surface area contributed by atoms with E-state index < -0.39 is 0 Å². The average Bonchev–Trinajstić information content (AvgIpc) is 2.43. The van der Waals surface area contributed by atoms with Gasteiger partial charge in [-0.25, -0.2) is 0 Å². The monoisotopic (exact) mass is 387 g/mol. The molecule has 1 rings (SSSR count). The van der Waals surface area contributed by atoms with E-state index in [1.165, 1.54) is 6.07 Å². The summed E-state index contributed by atoms with van der Waals surface area (Å²) in [6.07, 6.45) is 1.78. The molecule has 0 bridgehead atoms. The molecule has 0 unspecified atom stereocenters. The Bertz CT molecular complexity index is 499. The number of amides is 1. The van der Waals surface area contributed by atoms with Crippen molar-refractivity contribution in [1.82, 2.24) is 5.32 Å². The largest absolute Gasteiger partial charge is 0.480 e. The lowest BCUT2D eigenvalue weighted by Crippen LogP contribution is -2.37. The van der Waals surface area contributed by atoms with Crippen LogP contribution >= 0.6 is 22.6 Å². The zero-order chi connectivity index (χ0) is 15.1. The first-order valence-corrected chi connectivity index (χ1v) is 7.50. The minimum Gasteiger partial charge on any atom is -0.480 e. The summed E-state index contributed by atoms with van der Waals surface area (Å²) in [6.45, 7) is 3.97. The number of nitrogens with zero attached hydrogens (tertiary/aromatic N) is 1. The van der Waals surface area contributed by atoms with Crippen LogP contribution in [0, 0.1) is 14.9 Å². The third-order valence-corrected chi connectivity index (χ3v) is 3.70. The molecule has 6 heteroatoms. The van der Waals surface area contributed by atoms with Gasteiger partial charge in [-0.05, 0) is 47.6 Å². The maximum Gasteiger partial charge on any atom is 0.258 e. The van der Waals surface area contributed by atoms with E-state index in [-0.39, 0.29) is 18.6 Å². The third kappa shape index (κ3) is 4.56. The molecule has 1 aromatic carbocycles. The minimum absolute atomic E-state index is 0.0808. The Kier molecular flexibility index (Phi) is 6.58. The van der Waals surface area contributed by atoms with E-state index in [0.717, 1.165) is 16.4 Å². The van der Waals surface area contributed by atoms with Crippen LogP contribution in [0.2, 0.25) is 0 Å². The molecule has 0 saturated heterocycles. The van der Waals surface area contributed by atoms with Crippen LogP contribution in [0.25, 0.3) is 0 Å².